The molecule has 1 N–H and O–H groups in total. The molecule has 0 saturated carbocycles. The van der Waals surface area contributed by atoms with Gasteiger partial charge in [0, 0.05) is 22.2 Å². The molecule has 2 aromatic carbocycles. The van der Waals surface area contributed by atoms with Crippen molar-refractivity contribution in [3.05, 3.63) is 60.0 Å². The van der Waals surface area contributed by atoms with E-state index in [0.717, 1.165) is 21.8 Å². The fourth-order valence-electron chi connectivity index (χ4n) is 2.23. The lowest BCUT2D eigenvalue weighted by Gasteiger charge is -2.08. The van der Waals surface area contributed by atoms with Gasteiger partial charge < -0.3 is 5.32 Å². The fraction of sp³-hybridized carbons (Fsp3) is 0.111. The van der Waals surface area contributed by atoms with Gasteiger partial charge in [0.15, 0.2) is 0 Å². The van der Waals surface area contributed by atoms with Crippen molar-refractivity contribution in [2.45, 2.75) is 12.6 Å². The third-order valence-corrected chi connectivity index (χ3v) is 4.24. The van der Waals surface area contributed by atoms with E-state index in [1.54, 1.807) is 24.3 Å². The molecule has 0 atom stereocenters. The lowest BCUT2D eigenvalue weighted by Crippen LogP contribution is -2.21. The zero-order valence-electron chi connectivity index (χ0n) is 12.9. The lowest BCUT2D eigenvalue weighted by atomic mass is 10.1. The maximum Gasteiger partial charge on any atom is 0.397 e. The minimum absolute atomic E-state index is 0.316. The van der Waals surface area contributed by atoms with Crippen LogP contribution in [0.1, 0.15) is 6.42 Å². The normalized spacial score (nSPS) is 11.3. The summed E-state index contributed by atoms with van der Waals surface area (Å²) in [5, 5.41) is 5.03. The molecule has 0 radical (unpaired) electrons. The van der Waals surface area contributed by atoms with Crippen LogP contribution >= 0.6 is 11.3 Å². The van der Waals surface area contributed by atoms with E-state index in [9.17, 15) is 18.0 Å². The van der Waals surface area contributed by atoms with Crippen molar-refractivity contribution in [1.29, 1.82) is 0 Å². The number of alkyl halides is 3. The van der Waals surface area contributed by atoms with Crippen molar-refractivity contribution in [2.24, 2.45) is 0 Å². The Morgan fingerprint density at radius 3 is 2.32 bits per heavy atom. The number of rotatable bonds is 4. The largest absolute Gasteiger partial charge is 0.397 e. The van der Waals surface area contributed by atoms with Gasteiger partial charge in [-0.2, -0.15) is 13.2 Å². The topological polar surface area (TPSA) is 42.0 Å². The fourth-order valence-corrected chi connectivity index (χ4v) is 3.07. The SMILES string of the molecule is O=C(CC(F)(F)F)Nc1ccc(-c2csc(-c3ccccc3)n2)cc1. The number of carbonyl (C=O) groups excluding carboxylic acids is 1. The molecule has 0 aliphatic heterocycles. The van der Waals surface area contributed by atoms with Gasteiger partial charge in [-0.05, 0) is 12.1 Å². The van der Waals surface area contributed by atoms with Gasteiger partial charge in [-0.25, -0.2) is 4.98 Å². The smallest absolute Gasteiger partial charge is 0.326 e. The maximum absolute atomic E-state index is 12.2. The van der Waals surface area contributed by atoms with Gasteiger partial charge in [-0.1, -0.05) is 42.5 Å². The van der Waals surface area contributed by atoms with Crippen molar-refractivity contribution in [3.8, 4) is 21.8 Å². The summed E-state index contributed by atoms with van der Waals surface area (Å²) in [6.45, 7) is 0. The zero-order chi connectivity index (χ0) is 17.9. The Morgan fingerprint density at radius 1 is 1.00 bits per heavy atom. The summed E-state index contributed by atoms with van der Waals surface area (Å²) in [6, 6.07) is 16.3. The Hall–Kier alpha value is -2.67. The first-order chi connectivity index (χ1) is 11.9. The number of carbonyl (C=O) groups is 1. The molecule has 3 nitrogen and oxygen atoms in total. The number of hydrogen-bond acceptors (Lipinski definition) is 3. The van der Waals surface area contributed by atoms with Crippen LogP contribution in [-0.4, -0.2) is 17.1 Å². The van der Waals surface area contributed by atoms with E-state index in [1.165, 1.54) is 11.3 Å². The Kier molecular flexibility index (Phi) is 4.85. The van der Waals surface area contributed by atoms with E-state index >= 15 is 0 Å². The molecule has 1 amide bonds. The number of thiazole rings is 1. The number of benzene rings is 2. The number of nitrogens with zero attached hydrogens (tertiary/aromatic N) is 1. The molecule has 0 fully saturated rings. The Morgan fingerprint density at radius 2 is 1.68 bits per heavy atom. The molecular weight excluding hydrogens is 349 g/mol. The summed E-state index contributed by atoms with van der Waals surface area (Å²) < 4.78 is 36.5. The van der Waals surface area contributed by atoms with Crippen LogP contribution in [0.5, 0.6) is 0 Å². The summed E-state index contributed by atoms with van der Waals surface area (Å²) in [7, 11) is 0. The molecule has 7 heteroatoms. The van der Waals surface area contributed by atoms with Crippen molar-refractivity contribution in [1.82, 2.24) is 4.98 Å². The summed E-state index contributed by atoms with van der Waals surface area (Å²) in [6.07, 6.45) is -6.01. The van der Waals surface area contributed by atoms with Crippen molar-refractivity contribution in [2.75, 3.05) is 5.32 Å². The molecule has 0 saturated heterocycles. The third kappa shape index (κ3) is 4.67. The molecule has 0 unspecified atom stereocenters. The van der Waals surface area contributed by atoms with Crippen molar-refractivity contribution >= 4 is 22.9 Å². The average Bonchev–Trinajstić information content (AvgIpc) is 3.04. The van der Waals surface area contributed by atoms with Crippen LogP contribution in [-0.2, 0) is 4.79 Å². The van der Waals surface area contributed by atoms with Crippen LogP contribution in [0.3, 0.4) is 0 Å². The molecule has 1 aromatic heterocycles. The molecule has 0 bridgehead atoms. The predicted octanol–water partition coefficient (Wildman–Crippen LogP) is 5.37. The second-order valence-electron chi connectivity index (χ2n) is 5.32. The summed E-state index contributed by atoms with van der Waals surface area (Å²) in [4.78, 5) is 15.9. The van der Waals surface area contributed by atoms with E-state index in [-0.39, 0.29) is 0 Å². The highest BCUT2D eigenvalue weighted by Gasteiger charge is 2.31. The number of anilines is 1. The molecule has 1 heterocycles. The first-order valence-corrected chi connectivity index (χ1v) is 8.27. The van der Waals surface area contributed by atoms with Crippen LogP contribution in [0, 0.1) is 0 Å². The Labute approximate surface area is 146 Å². The van der Waals surface area contributed by atoms with E-state index in [2.05, 4.69) is 10.3 Å². The van der Waals surface area contributed by atoms with Crippen LogP contribution in [0.2, 0.25) is 0 Å². The number of amides is 1. The number of aromatic nitrogens is 1. The summed E-state index contributed by atoms with van der Waals surface area (Å²) >= 11 is 1.51. The van der Waals surface area contributed by atoms with E-state index < -0.39 is 18.5 Å². The highest BCUT2D eigenvalue weighted by atomic mass is 32.1. The van der Waals surface area contributed by atoms with Crippen LogP contribution in [0.4, 0.5) is 18.9 Å². The minimum Gasteiger partial charge on any atom is -0.326 e. The van der Waals surface area contributed by atoms with Gasteiger partial charge in [-0.3, -0.25) is 4.79 Å². The molecule has 0 aliphatic rings. The predicted molar refractivity (Wildman–Crippen MR) is 92.3 cm³/mol. The quantitative estimate of drug-likeness (QED) is 0.678. The van der Waals surface area contributed by atoms with Gasteiger partial charge >= 0.3 is 6.18 Å². The van der Waals surface area contributed by atoms with E-state index in [4.69, 9.17) is 0 Å². The second kappa shape index (κ2) is 7.06. The van der Waals surface area contributed by atoms with E-state index in [1.807, 2.05) is 35.7 Å². The molecule has 3 rings (SSSR count). The average molecular weight is 362 g/mol. The molecule has 3 aromatic rings. The van der Waals surface area contributed by atoms with Crippen molar-refractivity contribution in [3.63, 3.8) is 0 Å². The van der Waals surface area contributed by atoms with Gasteiger partial charge in [0.25, 0.3) is 0 Å². The highest BCUT2D eigenvalue weighted by molar-refractivity contribution is 7.13. The van der Waals surface area contributed by atoms with Gasteiger partial charge in [0.05, 0.1) is 5.69 Å². The monoisotopic (exact) mass is 362 g/mol. The summed E-state index contributed by atoms with van der Waals surface area (Å²) in [5.41, 5.74) is 2.94. The first-order valence-electron chi connectivity index (χ1n) is 7.39. The Balaban J connectivity index is 1.71. The zero-order valence-corrected chi connectivity index (χ0v) is 13.7. The lowest BCUT2D eigenvalue weighted by molar-refractivity contribution is -0.150. The second-order valence-corrected chi connectivity index (χ2v) is 6.18. The number of hydrogen-bond donors (Lipinski definition) is 1. The minimum atomic E-state index is -4.52. The molecule has 128 valence electrons. The number of halogens is 3. The maximum atomic E-state index is 12.2. The standard InChI is InChI=1S/C18H13F3N2OS/c19-18(20,21)10-16(24)22-14-8-6-12(7-9-14)15-11-25-17(23-15)13-4-2-1-3-5-13/h1-9,11H,10H2,(H,22,24). The van der Waals surface area contributed by atoms with Crippen LogP contribution in [0.25, 0.3) is 21.8 Å². The molecular formula is C18H13F3N2OS. The first kappa shape index (κ1) is 17.2. The van der Waals surface area contributed by atoms with Gasteiger partial charge in [0.2, 0.25) is 5.91 Å². The third-order valence-electron chi connectivity index (χ3n) is 3.35. The molecule has 25 heavy (non-hydrogen) atoms. The molecule has 0 aliphatic carbocycles. The molecule has 0 spiro atoms. The summed E-state index contributed by atoms with van der Waals surface area (Å²) in [5.74, 6) is -1.08. The van der Waals surface area contributed by atoms with Gasteiger partial charge in [-0.15, -0.1) is 11.3 Å². The Bertz CT molecular complexity index is 858. The number of nitrogens with one attached hydrogen (secondary N) is 1. The van der Waals surface area contributed by atoms with Crippen LogP contribution < -0.4 is 5.32 Å². The van der Waals surface area contributed by atoms with Crippen LogP contribution in [0.15, 0.2) is 60.0 Å². The highest BCUT2D eigenvalue weighted by Crippen LogP contribution is 2.29. The van der Waals surface area contributed by atoms with Gasteiger partial charge in [0.1, 0.15) is 11.4 Å². The van der Waals surface area contributed by atoms with E-state index in [0.29, 0.717) is 5.69 Å². The van der Waals surface area contributed by atoms with Crippen molar-refractivity contribution < 1.29 is 18.0 Å².